The summed E-state index contributed by atoms with van der Waals surface area (Å²) in [6, 6.07) is 7.66. The van der Waals surface area contributed by atoms with Crippen LogP contribution in [0.4, 0.5) is 0 Å². The zero-order chi connectivity index (χ0) is 17.6. The van der Waals surface area contributed by atoms with Crippen molar-refractivity contribution < 1.29 is 9.59 Å². The van der Waals surface area contributed by atoms with Gasteiger partial charge in [0.15, 0.2) is 0 Å². The molecule has 2 amide bonds. The molecule has 0 atom stereocenters. The summed E-state index contributed by atoms with van der Waals surface area (Å²) in [6.45, 7) is 3.26. The number of halogens is 1. The van der Waals surface area contributed by atoms with Crippen LogP contribution in [-0.4, -0.2) is 47.8 Å². The lowest BCUT2D eigenvalue weighted by Gasteiger charge is -2.35. The highest BCUT2D eigenvalue weighted by atomic mass is 35.5. The number of carbonyl (C=O) groups is 2. The van der Waals surface area contributed by atoms with Gasteiger partial charge in [0.05, 0.1) is 0 Å². The summed E-state index contributed by atoms with van der Waals surface area (Å²) < 4.78 is 0. The van der Waals surface area contributed by atoms with Gasteiger partial charge >= 0.3 is 0 Å². The first-order chi connectivity index (χ1) is 12.1. The third-order valence-electron chi connectivity index (χ3n) is 5.41. The molecule has 0 spiro atoms. The highest BCUT2D eigenvalue weighted by molar-refractivity contribution is 6.30. The summed E-state index contributed by atoms with van der Waals surface area (Å²) in [5.41, 5.74) is 1.13. The molecule has 4 nitrogen and oxygen atoms in total. The molecule has 3 rings (SSSR count). The fourth-order valence-corrected chi connectivity index (χ4v) is 3.93. The molecule has 0 aliphatic carbocycles. The van der Waals surface area contributed by atoms with Crippen LogP contribution in [0.5, 0.6) is 0 Å². The van der Waals surface area contributed by atoms with E-state index in [9.17, 15) is 9.59 Å². The number of piperidine rings is 2. The van der Waals surface area contributed by atoms with Crippen molar-refractivity contribution in [2.24, 2.45) is 5.92 Å². The van der Waals surface area contributed by atoms with Crippen LogP contribution in [0.25, 0.3) is 0 Å². The number of hydrogen-bond acceptors (Lipinski definition) is 2. The Morgan fingerprint density at radius 1 is 0.920 bits per heavy atom. The molecule has 0 aromatic heterocycles. The summed E-state index contributed by atoms with van der Waals surface area (Å²) in [5.74, 6) is 0.616. The zero-order valence-electron chi connectivity index (χ0n) is 14.8. The Labute approximate surface area is 155 Å². The first kappa shape index (κ1) is 18.2. The van der Waals surface area contributed by atoms with E-state index < -0.39 is 0 Å². The minimum absolute atomic E-state index is 0.110. The van der Waals surface area contributed by atoms with E-state index in [1.54, 1.807) is 0 Å². The monoisotopic (exact) mass is 362 g/mol. The first-order valence-corrected chi connectivity index (χ1v) is 9.82. The molecule has 1 aromatic carbocycles. The largest absolute Gasteiger partial charge is 0.343 e. The lowest BCUT2D eigenvalue weighted by Crippen LogP contribution is -2.45. The minimum Gasteiger partial charge on any atom is -0.343 e. The van der Waals surface area contributed by atoms with Gasteiger partial charge in [-0.25, -0.2) is 0 Å². The van der Waals surface area contributed by atoms with Gasteiger partial charge in [-0.1, -0.05) is 23.7 Å². The Morgan fingerprint density at radius 2 is 1.56 bits per heavy atom. The van der Waals surface area contributed by atoms with Gasteiger partial charge in [0.2, 0.25) is 11.8 Å². The Balaban J connectivity index is 1.42. The number of aryl methyl sites for hydroxylation is 1. The summed E-state index contributed by atoms with van der Waals surface area (Å²) in [7, 11) is 0. The number of rotatable bonds is 4. The van der Waals surface area contributed by atoms with Crippen molar-refractivity contribution in [3.8, 4) is 0 Å². The molecular formula is C20H27ClN2O2. The van der Waals surface area contributed by atoms with E-state index in [-0.39, 0.29) is 11.8 Å². The Bertz CT molecular complexity index is 588. The molecule has 0 bridgehead atoms. The third kappa shape index (κ3) is 4.97. The standard InChI is InChI=1S/C20H27ClN2O2/c21-18-7-4-16(5-8-18)6-9-19(24)22-14-10-17(11-15-22)20(25)23-12-2-1-3-13-23/h4-5,7-8,17H,1-3,6,9-15H2. The van der Waals surface area contributed by atoms with E-state index in [1.165, 1.54) is 6.42 Å². The predicted molar refractivity (Wildman–Crippen MR) is 99.5 cm³/mol. The van der Waals surface area contributed by atoms with Crippen molar-refractivity contribution in [1.29, 1.82) is 0 Å². The van der Waals surface area contributed by atoms with Crippen LogP contribution < -0.4 is 0 Å². The van der Waals surface area contributed by atoms with Gasteiger partial charge in [0.1, 0.15) is 0 Å². The summed E-state index contributed by atoms with van der Waals surface area (Å²) >= 11 is 5.89. The Hall–Kier alpha value is -1.55. The fraction of sp³-hybridized carbons (Fsp3) is 0.600. The van der Waals surface area contributed by atoms with Gasteiger partial charge in [0, 0.05) is 43.5 Å². The number of likely N-dealkylation sites (tertiary alicyclic amines) is 2. The topological polar surface area (TPSA) is 40.6 Å². The van der Waals surface area contributed by atoms with Crippen molar-refractivity contribution >= 4 is 23.4 Å². The van der Waals surface area contributed by atoms with Gasteiger partial charge in [0.25, 0.3) is 0 Å². The number of hydrogen-bond donors (Lipinski definition) is 0. The van der Waals surface area contributed by atoms with Crippen molar-refractivity contribution in [2.45, 2.75) is 44.9 Å². The van der Waals surface area contributed by atoms with E-state index in [0.29, 0.717) is 25.4 Å². The maximum atomic E-state index is 12.6. The molecule has 25 heavy (non-hydrogen) atoms. The van der Waals surface area contributed by atoms with E-state index >= 15 is 0 Å². The smallest absolute Gasteiger partial charge is 0.225 e. The molecule has 136 valence electrons. The normalized spacial score (nSPS) is 19.1. The average Bonchev–Trinajstić information content (AvgIpc) is 2.67. The van der Waals surface area contributed by atoms with Gasteiger partial charge in [-0.3, -0.25) is 9.59 Å². The zero-order valence-corrected chi connectivity index (χ0v) is 15.5. The van der Waals surface area contributed by atoms with Crippen LogP contribution in [-0.2, 0) is 16.0 Å². The second-order valence-electron chi connectivity index (χ2n) is 7.17. The molecule has 2 fully saturated rings. The first-order valence-electron chi connectivity index (χ1n) is 9.44. The summed E-state index contributed by atoms with van der Waals surface area (Å²) in [4.78, 5) is 29.0. The fourth-order valence-electron chi connectivity index (χ4n) is 3.81. The Morgan fingerprint density at radius 3 is 2.20 bits per heavy atom. The van der Waals surface area contributed by atoms with Crippen LogP contribution in [0.15, 0.2) is 24.3 Å². The van der Waals surface area contributed by atoms with Crippen molar-refractivity contribution in [3.63, 3.8) is 0 Å². The molecular weight excluding hydrogens is 336 g/mol. The second kappa shape index (κ2) is 8.70. The lowest BCUT2D eigenvalue weighted by atomic mass is 9.94. The maximum Gasteiger partial charge on any atom is 0.225 e. The summed E-state index contributed by atoms with van der Waals surface area (Å²) in [5, 5.41) is 0.718. The van der Waals surface area contributed by atoms with Crippen LogP contribution in [0.3, 0.4) is 0 Å². The Kier molecular flexibility index (Phi) is 6.35. The molecule has 0 unspecified atom stereocenters. The third-order valence-corrected chi connectivity index (χ3v) is 5.66. The highest BCUT2D eigenvalue weighted by Crippen LogP contribution is 2.22. The SMILES string of the molecule is O=C(CCc1ccc(Cl)cc1)N1CCC(C(=O)N2CCCCC2)CC1. The predicted octanol–water partition coefficient (Wildman–Crippen LogP) is 3.52. The number of benzene rings is 1. The van der Waals surface area contributed by atoms with Gasteiger partial charge < -0.3 is 9.80 Å². The minimum atomic E-state index is 0.110. The van der Waals surface area contributed by atoms with Gasteiger partial charge in [-0.05, 0) is 56.2 Å². The number of amides is 2. The molecule has 2 saturated heterocycles. The average molecular weight is 363 g/mol. The molecule has 2 aliphatic heterocycles. The molecule has 0 radical (unpaired) electrons. The van der Waals surface area contributed by atoms with Crippen LogP contribution in [0.2, 0.25) is 5.02 Å². The quantitative estimate of drug-likeness (QED) is 0.822. The van der Waals surface area contributed by atoms with E-state index in [1.807, 2.05) is 34.1 Å². The highest BCUT2D eigenvalue weighted by Gasteiger charge is 2.30. The van der Waals surface area contributed by atoms with Crippen LogP contribution >= 0.6 is 11.6 Å². The second-order valence-corrected chi connectivity index (χ2v) is 7.60. The molecule has 2 heterocycles. The van der Waals surface area contributed by atoms with Crippen molar-refractivity contribution in [3.05, 3.63) is 34.9 Å². The van der Waals surface area contributed by atoms with Crippen molar-refractivity contribution in [1.82, 2.24) is 9.80 Å². The summed E-state index contributed by atoms with van der Waals surface area (Å²) in [6.07, 6.45) is 6.38. The van der Waals surface area contributed by atoms with Crippen LogP contribution in [0, 0.1) is 5.92 Å². The number of carbonyl (C=O) groups excluding carboxylic acids is 2. The van der Waals surface area contributed by atoms with Gasteiger partial charge in [-0.15, -0.1) is 0 Å². The molecule has 5 heteroatoms. The van der Waals surface area contributed by atoms with Gasteiger partial charge in [-0.2, -0.15) is 0 Å². The van der Waals surface area contributed by atoms with Crippen LogP contribution in [0.1, 0.15) is 44.1 Å². The van der Waals surface area contributed by atoms with E-state index in [4.69, 9.17) is 11.6 Å². The lowest BCUT2D eigenvalue weighted by molar-refractivity contribution is -0.141. The molecule has 0 N–H and O–H groups in total. The molecule has 1 aromatic rings. The molecule has 2 aliphatic rings. The number of nitrogens with zero attached hydrogens (tertiary/aromatic N) is 2. The van der Waals surface area contributed by atoms with E-state index in [2.05, 4.69) is 0 Å². The van der Waals surface area contributed by atoms with E-state index in [0.717, 1.165) is 55.8 Å². The molecule has 0 saturated carbocycles. The maximum absolute atomic E-state index is 12.6. The van der Waals surface area contributed by atoms with Crippen molar-refractivity contribution in [2.75, 3.05) is 26.2 Å².